The van der Waals surface area contributed by atoms with Gasteiger partial charge in [-0.2, -0.15) is 0 Å². The Morgan fingerprint density at radius 1 is 1.16 bits per heavy atom. The van der Waals surface area contributed by atoms with E-state index in [0.29, 0.717) is 5.57 Å². The highest BCUT2D eigenvalue weighted by Crippen LogP contribution is 2.43. The predicted octanol–water partition coefficient (Wildman–Crippen LogP) is 5.50. The minimum atomic E-state index is -0.103. The van der Waals surface area contributed by atoms with Crippen LogP contribution in [-0.4, -0.2) is 18.0 Å². The Morgan fingerprint density at radius 2 is 1.96 bits per heavy atom. The number of H-pyrrole nitrogens is 1. The van der Waals surface area contributed by atoms with E-state index < -0.39 is 0 Å². The van der Waals surface area contributed by atoms with Crippen LogP contribution >= 0.6 is 31.9 Å². The Bertz CT molecular complexity index is 1070. The van der Waals surface area contributed by atoms with Crippen molar-refractivity contribution in [2.45, 2.75) is 6.92 Å². The van der Waals surface area contributed by atoms with Gasteiger partial charge >= 0.3 is 0 Å². The number of anilines is 1. The van der Waals surface area contributed by atoms with Crippen LogP contribution in [0.4, 0.5) is 5.69 Å². The Balaban J connectivity index is 1.94. The lowest BCUT2D eigenvalue weighted by Gasteiger charge is -2.08. The molecule has 4 nitrogen and oxygen atoms in total. The van der Waals surface area contributed by atoms with Crippen LogP contribution in [0, 0.1) is 6.92 Å². The third-order valence-corrected chi connectivity index (χ3v) is 5.90. The molecule has 0 saturated carbocycles. The maximum Gasteiger partial charge on any atom is 0.256 e. The second-order valence-electron chi connectivity index (χ2n) is 5.88. The van der Waals surface area contributed by atoms with Crippen LogP contribution in [0.3, 0.4) is 0 Å². The number of fused-ring (bicyclic) bond motifs is 2. The summed E-state index contributed by atoms with van der Waals surface area (Å²) < 4.78 is 7.14. The van der Waals surface area contributed by atoms with Gasteiger partial charge in [-0.15, -0.1) is 0 Å². The summed E-state index contributed by atoms with van der Waals surface area (Å²) in [6.45, 7) is 2.00. The van der Waals surface area contributed by atoms with E-state index in [-0.39, 0.29) is 5.91 Å². The number of nitrogens with one attached hydrogen (secondary N) is 2. The molecule has 0 atom stereocenters. The number of aromatic amines is 1. The molecule has 4 rings (SSSR count). The minimum Gasteiger partial charge on any atom is -0.497 e. The topological polar surface area (TPSA) is 54.1 Å². The molecule has 0 radical (unpaired) electrons. The lowest BCUT2D eigenvalue weighted by Crippen LogP contribution is -2.03. The molecule has 0 fully saturated rings. The van der Waals surface area contributed by atoms with Gasteiger partial charge in [0.25, 0.3) is 5.91 Å². The largest absolute Gasteiger partial charge is 0.497 e. The first kappa shape index (κ1) is 16.4. The zero-order valence-electron chi connectivity index (χ0n) is 13.5. The second kappa shape index (κ2) is 6.04. The van der Waals surface area contributed by atoms with E-state index in [4.69, 9.17) is 4.74 Å². The van der Waals surface area contributed by atoms with Crippen molar-refractivity contribution in [2.24, 2.45) is 0 Å². The van der Waals surface area contributed by atoms with Gasteiger partial charge in [0.2, 0.25) is 0 Å². The maximum atomic E-state index is 12.6. The molecule has 1 aliphatic heterocycles. The number of ether oxygens (including phenoxy) is 1. The summed E-state index contributed by atoms with van der Waals surface area (Å²) in [6, 6.07) is 7.80. The van der Waals surface area contributed by atoms with Crippen molar-refractivity contribution in [1.29, 1.82) is 0 Å². The molecule has 3 aromatic rings. The highest BCUT2D eigenvalue weighted by Gasteiger charge is 2.29. The zero-order valence-corrected chi connectivity index (χ0v) is 16.7. The number of carbonyl (C=O) groups excluding carboxylic acids is 1. The summed E-state index contributed by atoms with van der Waals surface area (Å²) in [7, 11) is 1.64. The van der Waals surface area contributed by atoms with Crippen molar-refractivity contribution in [3.63, 3.8) is 0 Å². The van der Waals surface area contributed by atoms with E-state index in [1.54, 1.807) is 7.11 Å². The molecule has 1 aliphatic rings. The minimum absolute atomic E-state index is 0.103. The summed E-state index contributed by atoms with van der Waals surface area (Å²) >= 11 is 7.09. The van der Waals surface area contributed by atoms with Gasteiger partial charge in [-0.25, -0.2) is 0 Å². The summed E-state index contributed by atoms with van der Waals surface area (Å²) in [5, 5.41) is 3.97. The zero-order chi connectivity index (χ0) is 17.7. The van der Waals surface area contributed by atoms with Crippen molar-refractivity contribution in [2.75, 3.05) is 12.4 Å². The normalized spacial score (nSPS) is 14.9. The van der Waals surface area contributed by atoms with Crippen molar-refractivity contribution >= 4 is 66.0 Å². The molecule has 6 heteroatoms. The summed E-state index contributed by atoms with van der Waals surface area (Å²) in [4.78, 5) is 15.8. The van der Waals surface area contributed by atoms with Crippen molar-refractivity contribution in [1.82, 2.24) is 4.98 Å². The standard InChI is InChI=1S/C19H14Br2N2O2/c1-9-14(20)7-15(21)18-17(9)13(19(24)23-18)5-10-8-22-16-4-3-11(25-2)6-12(10)16/h3-8,22H,1-2H3,(H,23,24). The molecular formula is C19H14Br2N2O2. The molecule has 0 spiro atoms. The Morgan fingerprint density at radius 3 is 2.72 bits per heavy atom. The number of amides is 1. The van der Waals surface area contributed by atoms with Crippen LogP contribution in [0.1, 0.15) is 16.7 Å². The molecule has 1 amide bonds. The summed E-state index contributed by atoms with van der Waals surface area (Å²) in [5.41, 5.74) is 5.36. The first-order valence-electron chi connectivity index (χ1n) is 7.66. The molecule has 25 heavy (non-hydrogen) atoms. The van der Waals surface area contributed by atoms with E-state index in [0.717, 1.165) is 48.0 Å². The van der Waals surface area contributed by atoms with Crippen LogP contribution in [0.2, 0.25) is 0 Å². The number of hydrogen-bond donors (Lipinski definition) is 2. The summed E-state index contributed by atoms with van der Waals surface area (Å²) in [5.74, 6) is 0.679. The SMILES string of the molecule is COc1ccc2[nH]cc(C=C3C(=O)Nc4c(Br)cc(Br)c(C)c43)c2c1. The number of halogens is 2. The van der Waals surface area contributed by atoms with Crippen molar-refractivity contribution < 1.29 is 9.53 Å². The fourth-order valence-electron chi connectivity index (χ4n) is 3.13. The van der Waals surface area contributed by atoms with Gasteiger partial charge in [0.1, 0.15) is 5.75 Å². The lowest BCUT2D eigenvalue weighted by atomic mass is 9.99. The molecule has 126 valence electrons. The molecular weight excluding hydrogens is 448 g/mol. The quantitative estimate of drug-likeness (QED) is 0.495. The molecule has 2 heterocycles. The van der Waals surface area contributed by atoms with E-state index in [1.807, 2.05) is 43.5 Å². The van der Waals surface area contributed by atoms with Gasteiger partial charge in [0.15, 0.2) is 0 Å². The van der Waals surface area contributed by atoms with E-state index in [9.17, 15) is 4.79 Å². The average molecular weight is 462 g/mol. The highest BCUT2D eigenvalue weighted by molar-refractivity contribution is 9.11. The molecule has 2 N–H and O–H groups in total. The Hall–Kier alpha value is -2.05. The Labute approximate surface area is 161 Å². The number of rotatable bonds is 2. The maximum absolute atomic E-state index is 12.6. The fourth-order valence-corrected chi connectivity index (χ4v) is 4.39. The third-order valence-electron chi connectivity index (χ3n) is 4.45. The highest BCUT2D eigenvalue weighted by atomic mass is 79.9. The lowest BCUT2D eigenvalue weighted by molar-refractivity contribution is -0.110. The van der Waals surface area contributed by atoms with Crippen LogP contribution in [0.25, 0.3) is 22.6 Å². The van der Waals surface area contributed by atoms with Gasteiger partial charge in [0, 0.05) is 37.2 Å². The monoisotopic (exact) mass is 460 g/mol. The van der Waals surface area contributed by atoms with Crippen LogP contribution in [0.15, 0.2) is 39.4 Å². The number of methoxy groups -OCH3 is 1. The van der Waals surface area contributed by atoms with Gasteiger partial charge in [-0.3, -0.25) is 4.79 Å². The number of aromatic nitrogens is 1. The van der Waals surface area contributed by atoms with Crippen molar-refractivity contribution in [3.05, 3.63) is 56.1 Å². The number of hydrogen-bond acceptors (Lipinski definition) is 2. The molecule has 0 unspecified atom stereocenters. The van der Waals surface area contributed by atoms with E-state index in [1.165, 1.54) is 0 Å². The molecule has 2 aromatic carbocycles. The van der Waals surface area contributed by atoms with E-state index in [2.05, 4.69) is 42.2 Å². The average Bonchev–Trinajstić information content (AvgIpc) is 3.15. The van der Waals surface area contributed by atoms with Crippen LogP contribution in [0.5, 0.6) is 5.75 Å². The van der Waals surface area contributed by atoms with E-state index >= 15 is 0 Å². The number of carbonyl (C=O) groups is 1. The number of benzene rings is 2. The summed E-state index contributed by atoms with van der Waals surface area (Å²) in [6.07, 6.45) is 3.83. The fraction of sp³-hybridized carbons (Fsp3) is 0.105. The van der Waals surface area contributed by atoms with Gasteiger partial charge in [-0.05, 0) is 58.8 Å². The van der Waals surface area contributed by atoms with Crippen molar-refractivity contribution in [3.8, 4) is 5.75 Å². The van der Waals surface area contributed by atoms with Gasteiger partial charge < -0.3 is 15.0 Å². The first-order chi connectivity index (χ1) is 12.0. The first-order valence-corrected chi connectivity index (χ1v) is 9.25. The van der Waals surface area contributed by atoms with Gasteiger partial charge in [0.05, 0.1) is 18.4 Å². The smallest absolute Gasteiger partial charge is 0.256 e. The second-order valence-corrected chi connectivity index (χ2v) is 7.59. The van der Waals surface area contributed by atoms with Gasteiger partial charge in [-0.1, -0.05) is 15.9 Å². The molecule has 0 aliphatic carbocycles. The predicted molar refractivity (Wildman–Crippen MR) is 108 cm³/mol. The Kier molecular flexibility index (Phi) is 3.96. The molecule has 0 saturated heterocycles. The molecule has 0 bridgehead atoms. The van der Waals surface area contributed by atoms with Crippen LogP contribution in [-0.2, 0) is 4.79 Å². The molecule has 1 aromatic heterocycles. The van der Waals surface area contributed by atoms with Crippen LogP contribution < -0.4 is 10.1 Å². The third kappa shape index (κ3) is 2.60.